The van der Waals surface area contributed by atoms with Crippen LogP contribution in [0.2, 0.25) is 0 Å². The molecule has 3 N–H and O–H groups in total. The number of hydrogen-bond acceptors (Lipinski definition) is 6. The number of aromatic nitrogens is 4. The second-order valence-electron chi connectivity index (χ2n) is 5.99. The van der Waals surface area contributed by atoms with Crippen LogP contribution in [0, 0.1) is 0 Å². The minimum absolute atomic E-state index is 0.192. The molecule has 1 unspecified atom stereocenters. The van der Waals surface area contributed by atoms with E-state index in [1.165, 1.54) is 16.0 Å². The Labute approximate surface area is 160 Å². The minimum atomic E-state index is -0.537. The van der Waals surface area contributed by atoms with Gasteiger partial charge in [0.25, 0.3) is 5.91 Å². The molecular weight excluding hydrogens is 364 g/mol. The van der Waals surface area contributed by atoms with Crippen LogP contribution in [0.5, 0.6) is 0 Å². The van der Waals surface area contributed by atoms with Crippen molar-refractivity contribution in [2.75, 3.05) is 0 Å². The first-order valence-corrected chi connectivity index (χ1v) is 9.33. The Bertz CT molecular complexity index is 964. The highest BCUT2D eigenvalue weighted by Crippen LogP contribution is 2.21. The average molecular weight is 384 g/mol. The Morgan fingerprint density at radius 3 is 2.74 bits per heavy atom. The lowest BCUT2D eigenvalue weighted by atomic mass is 10.1. The van der Waals surface area contributed by atoms with E-state index in [0.717, 1.165) is 27.6 Å². The number of benzene rings is 1. The molecule has 2 heterocycles. The summed E-state index contributed by atoms with van der Waals surface area (Å²) in [5, 5.41) is 16.9. The number of nitrogens with one attached hydrogen (secondary N) is 1. The number of aryl methyl sites for hydroxylation is 1. The highest BCUT2D eigenvalue weighted by atomic mass is 32.1. The van der Waals surface area contributed by atoms with Gasteiger partial charge in [-0.25, -0.2) is 0 Å². The summed E-state index contributed by atoms with van der Waals surface area (Å²) in [6.45, 7) is 4.04. The predicted molar refractivity (Wildman–Crippen MR) is 102 cm³/mol. The molecule has 0 aliphatic heterocycles. The molecule has 1 atom stereocenters. The third kappa shape index (κ3) is 4.37. The van der Waals surface area contributed by atoms with Crippen molar-refractivity contribution in [3.8, 4) is 11.1 Å². The monoisotopic (exact) mass is 384 g/mol. The average Bonchev–Trinajstić information content (AvgIpc) is 3.35. The number of nitrogens with two attached hydrogens (primary N) is 1. The third-order valence-corrected chi connectivity index (χ3v) is 5.15. The topological polar surface area (TPSA) is 116 Å². The quantitative estimate of drug-likeness (QED) is 0.646. The second-order valence-corrected chi connectivity index (χ2v) is 7.14. The molecule has 1 aromatic carbocycles. The molecule has 27 heavy (non-hydrogen) atoms. The van der Waals surface area contributed by atoms with Crippen molar-refractivity contribution in [1.29, 1.82) is 0 Å². The van der Waals surface area contributed by atoms with Crippen LogP contribution in [0.15, 0.2) is 36.7 Å². The lowest BCUT2D eigenvalue weighted by Gasteiger charge is -2.07. The SMILES string of the molecule is CCc1nnc(CNC(=O)c2cccc(-c3cnn(C(C)C(N)=O)c3)c2)s1. The van der Waals surface area contributed by atoms with E-state index in [2.05, 4.69) is 20.6 Å². The number of carbonyl (C=O) groups excluding carboxylic acids is 2. The molecule has 2 amide bonds. The zero-order valence-corrected chi connectivity index (χ0v) is 15.9. The van der Waals surface area contributed by atoms with Gasteiger partial charge in [-0.1, -0.05) is 30.4 Å². The molecule has 9 heteroatoms. The van der Waals surface area contributed by atoms with Gasteiger partial charge in [-0.05, 0) is 31.0 Å². The van der Waals surface area contributed by atoms with Crippen LogP contribution >= 0.6 is 11.3 Å². The van der Waals surface area contributed by atoms with Crippen molar-refractivity contribution in [2.24, 2.45) is 5.73 Å². The molecule has 0 bridgehead atoms. The Kier molecular flexibility index (Phi) is 5.60. The van der Waals surface area contributed by atoms with Gasteiger partial charge in [0.1, 0.15) is 16.1 Å². The van der Waals surface area contributed by atoms with Crippen molar-refractivity contribution in [2.45, 2.75) is 32.9 Å². The fraction of sp³-hybridized carbons (Fsp3) is 0.278. The van der Waals surface area contributed by atoms with E-state index in [1.54, 1.807) is 37.5 Å². The fourth-order valence-electron chi connectivity index (χ4n) is 2.43. The highest BCUT2D eigenvalue weighted by molar-refractivity contribution is 7.11. The van der Waals surface area contributed by atoms with Crippen molar-refractivity contribution < 1.29 is 9.59 Å². The molecule has 2 aromatic heterocycles. The number of rotatable bonds is 7. The molecule has 140 valence electrons. The zero-order valence-electron chi connectivity index (χ0n) is 15.0. The van der Waals surface area contributed by atoms with E-state index in [-0.39, 0.29) is 5.91 Å². The maximum atomic E-state index is 12.4. The Morgan fingerprint density at radius 2 is 2.04 bits per heavy atom. The summed E-state index contributed by atoms with van der Waals surface area (Å²) in [7, 11) is 0. The summed E-state index contributed by atoms with van der Waals surface area (Å²) in [5.74, 6) is -0.649. The smallest absolute Gasteiger partial charge is 0.251 e. The van der Waals surface area contributed by atoms with Gasteiger partial charge in [0.05, 0.1) is 12.7 Å². The van der Waals surface area contributed by atoms with Crippen LogP contribution in [0.4, 0.5) is 0 Å². The van der Waals surface area contributed by atoms with E-state index in [0.29, 0.717) is 12.1 Å². The van der Waals surface area contributed by atoms with Gasteiger partial charge in [-0.15, -0.1) is 10.2 Å². The van der Waals surface area contributed by atoms with E-state index < -0.39 is 11.9 Å². The minimum Gasteiger partial charge on any atom is -0.368 e. The Hall–Kier alpha value is -3.07. The van der Waals surface area contributed by atoms with E-state index in [9.17, 15) is 9.59 Å². The molecule has 0 spiro atoms. The molecule has 0 saturated carbocycles. The van der Waals surface area contributed by atoms with Crippen LogP contribution in [-0.2, 0) is 17.8 Å². The molecule has 0 aliphatic carbocycles. The second kappa shape index (κ2) is 8.09. The molecular formula is C18H20N6O2S. The number of carbonyl (C=O) groups is 2. The molecule has 0 fully saturated rings. The van der Waals surface area contributed by atoms with Gasteiger partial charge in [-0.3, -0.25) is 14.3 Å². The van der Waals surface area contributed by atoms with Gasteiger partial charge >= 0.3 is 0 Å². The molecule has 3 rings (SSSR count). The van der Waals surface area contributed by atoms with Crippen LogP contribution in [0.25, 0.3) is 11.1 Å². The summed E-state index contributed by atoms with van der Waals surface area (Å²) < 4.78 is 1.51. The summed E-state index contributed by atoms with van der Waals surface area (Å²) in [5.41, 5.74) is 7.47. The lowest BCUT2D eigenvalue weighted by Crippen LogP contribution is -2.24. The largest absolute Gasteiger partial charge is 0.368 e. The van der Waals surface area contributed by atoms with E-state index >= 15 is 0 Å². The maximum absolute atomic E-state index is 12.4. The third-order valence-electron chi connectivity index (χ3n) is 4.08. The first-order valence-electron chi connectivity index (χ1n) is 8.51. The molecule has 3 aromatic rings. The molecule has 0 radical (unpaired) electrons. The first-order chi connectivity index (χ1) is 13.0. The predicted octanol–water partition coefficient (Wildman–Crippen LogP) is 1.94. The van der Waals surface area contributed by atoms with Crippen LogP contribution < -0.4 is 11.1 Å². The lowest BCUT2D eigenvalue weighted by molar-refractivity contribution is -0.120. The van der Waals surface area contributed by atoms with Gasteiger partial charge in [-0.2, -0.15) is 5.10 Å². The van der Waals surface area contributed by atoms with E-state index in [1.807, 2.05) is 13.0 Å². The maximum Gasteiger partial charge on any atom is 0.251 e. The van der Waals surface area contributed by atoms with E-state index in [4.69, 9.17) is 5.73 Å². The molecule has 0 saturated heterocycles. The number of nitrogens with zero attached hydrogens (tertiary/aromatic N) is 4. The summed E-state index contributed by atoms with van der Waals surface area (Å²) >= 11 is 1.49. The molecule has 8 nitrogen and oxygen atoms in total. The summed E-state index contributed by atoms with van der Waals surface area (Å²) in [6, 6.07) is 6.67. The van der Waals surface area contributed by atoms with Gasteiger partial charge in [0, 0.05) is 17.3 Å². The number of primary amides is 1. The van der Waals surface area contributed by atoms with Crippen molar-refractivity contribution in [3.63, 3.8) is 0 Å². The zero-order chi connectivity index (χ0) is 19.4. The van der Waals surface area contributed by atoms with Crippen LogP contribution in [0.3, 0.4) is 0 Å². The normalized spacial score (nSPS) is 11.9. The van der Waals surface area contributed by atoms with Crippen LogP contribution in [-0.4, -0.2) is 31.8 Å². The first kappa shape index (κ1) is 18.7. The number of hydrogen-bond donors (Lipinski definition) is 2. The Morgan fingerprint density at radius 1 is 1.26 bits per heavy atom. The van der Waals surface area contributed by atoms with Crippen molar-refractivity contribution in [1.82, 2.24) is 25.3 Å². The van der Waals surface area contributed by atoms with Gasteiger partial charge < -0.3 is 11.1 Å². The fourth-order valence-corrected chi connectivity index (χ4v) is 3.15. The summed E-state index contributed by atoms with van der Waals surface area (Å²) in [6.07, 6.45) is 4.21. The summed E-state index contributed by atoms with van der Waals surface area (Å²) in [4.78, 5) is 23.7. The molecule has 0 aliphatic rings. The van der Waals surface area contributed by atoms with Crippen LogP contribution in [0.1, 0.15) is 40.3 Å². The van der Waals surface area contributed by atoms with Gasteiger partial charge in [0.2, 0.25) is 5.91 Å². The van der Waals surface area contributed by atoms with Crippen molar-refractivity contribution in [3.05, 3.63) is 52.2 Å². The Balaban J connectivity index is 1.71. The standard InChI is InChI=1S/C18H20N6O2S/c1-3-15-22-23-16(27-15)9-20-18(26)13-6-4-5-12(7-13)14-8-21-24(10-14)11(2)17(19)25/h4-8,10-11H,3,9H2,1-2H3,(H2,19,25)(H,20,26). The number of amides is 2. The van der Waals surface area contributed by atoms with Gasteiger partial charge in [0.15, 0.2) is 0 Å². The highest BCUT2D eigenvalue weighted by Gasteiger charge is 2.14. The van der Waals surface area contributed by atoms with Crippen molar-refractivity contribution >= 4 is 23.2 Å².